The third kappa shape index (κ3) is 3.47. The van der Waals surface area contributed by atoms with Crippen molar-refractivity contribution in [2.45, 2.75) is 4.90 Å². The van der Waals surface area contributed by atoms with Gasteiger partial charge in [-0.2, -0.15) is 0 Å². The van der Waals surface area contributed by atoms with Crippen LogP contribution in [0.2, 0.25) is 0 Å². The van der Waals surface area contributed by atoms with E-state index in [0.717, 1.165) is 17.8 Å². The number of hydrogen-bond donors (Lipinski definition) is 2. The van der Waals surface area contributed by atoms with Crippen molar-refractivity contribution in [3.63, 3.8) is 0 Å². The molecule has 78 valence electrons. The first kappa shape index (κ1) is 11.3. The Morgan fingerprint density at radius 2 is 1.87 bits per heavy atom. The number of benzene rings is 1. The second kappa shape index (κ2) is 5.21. The van der Waals surface area contributed by atoms with Gasteiger partial charge in [-0.3, -0.25) is 0 Å². The van der Waals surface area contributed by atoms with E-state index in [4.69, 9.17) is 10.2 Å². The first-order chi connectivity index (χ1) is 7.11. The molecule has 15 heavy (non-hydrogen) atoms. The van der Waals surface area contributed by atoms with E-state index in [0.29, 0.717) is 4.90 Å². The minimum atomic E-state index is -1.06. The SMILES string of the molecule is O=C(O)C=CSc1ccccc1C(=O)O. The lowest BCUT2D eigenvalue weighted by Crippen LogP contribution is -1.97. The van der Waals surface area contributed by atoms with Crippen LogP contribution in [0.3, 0.4) is 0 Å². The molecular formula is C10H8O4S. The van der Waals surface area contributed by atoms with Crippen molar-refractivity contribution in [3.8, 4) is 0 Å². The predicted molar refractivity (Wildman–Crippen MR) is 56.0 cm³/mol. The van der Waals surface area contributed by atoms with Gasteiger partial charge < -0.3 is 10.2 Å². The number of carboxylic acid groups (broad SMARTS) is 2. The van der Waals surface area contributed by atoms with E-state index in [1.54, 1.807) is 18.2 Å². The fourth-order valence-corrected chi connectivity index (χ4v) is 1.68. The lowest BCUT2D eigenvalue weighted by atomic mass is 10.2. The molecule has 0 unspecified atom stereocenters. The molecule has 0 bridgehead atoms. The highest BCUT2D eigenvalue weighted by Gasteiger charge is 2.07. The van der Waals surface area contributed by atoms with Gasteiger partial charge >= 0.3 is 11.9 Å². The number of carboxylic acids is 2. The average Bonchev–Trinajstić information content (AvgIpc) is 2.17. The molecule has 2 N–H and O–H groups in total. The Morgan fingerprint density at radius 3 is 2.47 bits per heavy atom. The molecule has 0 radical (unpaired) electrons. The number of carbonyl (C=O) groups is 2. The maximum absolute atomic E-state index is 10.8. The summed E-state index contributed by atoms with van der Waals surface area (Å²) in [5, 5.41) is 18.5. The topological polar surface area (TPSA) is 74.6 Å². The first-order valence-electron chi connectivity index (χ1n) is 3.99. The molecule has 0 aromatic heterocycles. The van der Waals surface area contributed by atoms with E-state index in [2.05, 4.69) is 0 Å². The van der Waals surface area contributed by atoms with Crippen LogP contribution in [0.4, 0.5) is 0 Å². The number of rotatable bonds is 4. The minimum absolute atomic E-state index is 0.164. The first-order valence-corrected chi connectivity index (χ1v) is 4.87. The highest BCUT2D eigenvalue weighted by Crippen LogP contribution is 2.23. The van der Waals surface area contributed by atoms with Gasteiger partial charge in [-0.25, -0.2) is 9.59 Å². The molecule has 0 heterocycles. The highest BCUT2D eigenvalue weighted by molar-refractivity contribution is 8.02. The van der Waals surface area contributed by atoms with Gasteiger partial charge in [0.15, 0.2) is 0 Å². The summed E-state index contributed by atoms with van der Waals surface area (Å²) in [5.41, 5.74) is 0.164. The van der Waals surface area contributed by atoms with E-state index < -0.39 is 11.9 Å². The Hall–Kier alpha value is -1.75. The summed E-state index contributed by atoms with van der Waals surface area (Å²) in [5.74, 6) is -2.09. The summed E-state index contributed by atoms with van der Waals surface area (Å²) in [6.45, 7) is 0. The van der Waals surface area contributed by atoms with Crippen LogP contribution in [0.25, 0.3) is 0 Å². The van der Waals surface area contributed by atoms with E-state index in [-0.39, 0.29) is 5.56 Å². The molecule has 0 saturated carbocycles. The van der Waals surface area contributed by atoms with Gasteiger partial charge in [0.25, 0.3) is 0 Å². The van der Waals surface area contributed by atoms with Gasteiger partial charge in [0, 0.05) is 11.0 Å². The summed E-state index contributed by atoms with van der Waals surface area (Å²) < 4.78 is 0. The van der Waals surface area contributed by atoms with E-state index in [1.165, 1.54) is 11.5 Å². The van der Waals surface area contributed by atoms with E-state index in [9.17, 15) is 9.59 Å². The summed E-state index contributed by atoms with van der Waals surface area (Å²) >= 11 is 1.06. The second-order valence-corrected chi connectivity index (χ2v) is 3.51. The lowest BCUT2D eigenvalue weighted by Gasteiger charge is -2.00. The molecule has 0 atom stereocenters. The van der Waals surface area contributed by atoms with Gasteiger partial charge in [-0.05, 0) is 17.5 Å². The summed E-state index contributed by atoms with van der Waals surface area (Å²) in [6.07, 6.45) is 0.962. The van der Waals surface area contributed by atoms with Crippen LogP contribution in [-0.4, -0.2) is 22.2 Å². The van der Waals surface area contributed by atoms with Crippen LogP contribution in [-0.2, 0) is 4.79 Å². The molecule has 1 rings (SSSR count). The zero-order chi connectivity index (χ0) is 11.3. The van der Waals surface area contributed by atoms with E-state index >= 15 is 0 Å². The number of hydrogen-bond acceptors (Lipinski definition) is 3. The Bertz CT molecular complexity index is 412. The predicted octanol–water partition coefficient (Wildman–Crippen LogP) is 2.08. The van der Waals surface area contributed by atoms with Crippen LogP contribution >= 0.6 is 11.8 Å². The third-order valence-corrected chi connectivity index (χ3v) is 2.41. The zero-order valence-corrected chi connectivity index (χ0v) is 8.40. The Balaban J connectivity index is 2.85. The summed E-state index contributed by atoms with van der Waals surface area (Å²) in [6, 6.07) is 6.41. The fraction of sp³-hybridized carbons (Fsp3) is 0. The van der Waals surface area contributed by atoms with E-state index in [1.807, 2.05) is 0 Å². The molecule has 0 aliphatic rings. The molecule has 0 aliphatic carbocycles. The van der Waals surface area contributed by atoms with Crippen LogP contribution in [0, 0.1) is 0 Å². The summed E-state index contributed by atoms with van der Waals surface area (Å²) in [4.78, 5) is 21.5. The van der Waals surface area contributed by atoms with Crippen LogP contribution in [0.15, 0.2) is 40.6 Å². The number of aromatic carboxylic acids is 1. The zero-order valence-electron chi connectivity index (χ0n) is 7.58. The molecule has 0 saturated heterocycles. The van der Waals surface area contributed by atoms with Crippen molar-refractivity contribution in [3.05, 3.63) is 41.3 Å². The number of thioether (sulfide) groups is 1. The summed E-state index contributed by atoms with van der Waals surface area (Å²) in [7, 11) is 0. The van der Waals surface area contributed by atoms with Gasteiger partial charge in [-0.15, -0.1) is 0 Å². The number of aliphatic carboxylic acids is 1. The Kier molecular flexibility index (Phi) is 3.93. The molecule has 0 amide bonds. The molecule has 0 spiro atoms. The average molecular weight is 224 g/mol. The molecule has 5 heteroatoms. The minimum Gasteiger partial charge on any atom is -0.478 e. The van der Waals surface area contributed by atoms with Crippen LogP contribution < -0.4 is 0 Å². The van der Waals surface area contributed by atoms with Gasteiger partial charge in [0.1, 0.15) is 0 Å². The Labute approximate surface area is 90.2 Å². The molecule has 4 nitrogen and oxygen atoms in total. The van der Waals surface area contributed by atoms with Crippen molar-refractivity contribution in [1.29, 1.82) is 0 Å². The van der Waals surface area contributed by atoms with Crippen molar-refractivity contribution < 1.29 is 19.8 Å². The quantitative estimate of drug-likeness (QED) is 0.605. The van der Waals surface area contributed by atoms with Gasteiger partial charge in [0.05, 0.1) is 5.56 Å². The van der Waals surface area contributed by atoms with Crippen molar-refractivity contribution in [2.75, 3.05) is 0 Å². The van der Waals surface area contributed by atoms with Crippen molar-refractivity contribution >= 4 is 23.7 Å². The van der Waals surface area contributed by atoms with Crippen molar-refractivity contribution in [1.82, 2.24) is 0 Å². The normalized spacial score (nSPS) is 10.4. The van der Waals surface area contributed by atoms with Crippen LogP contribution in [0.1, 0.15) is 10.4 Å². The van der Waals surface area contributed by atoms with Crippen molar-refractivity contribution in [2.24, 2.45) is 0 Å². The maximum atomic E-state index is 10.8. The third-order valence-electron chi connectivity index (χ3n) is 1.52. The Morgan fingerprint density at radius 1 is 1.20 bits per heavy atom. The molecule has 1 aromatic rings. The molecule has 0 fully saturated rings. The van der Waals surface area contributed by atoms with Gasteiger partial charge in [0.2, 0.25) is 0 Å². The standard InChI is InChI=1S/C10H8O4S/c11-9(12)5-6-15-8-4-2-1-3-7(8)10(13)14/h1-6H,(H,11,12)(H,13,14). The fourth-order valence-electron chi connectivity index (χ4n) is 0.912. The van der Waals surface area contributed by atoms with Crippen LogP contribution in [0.5, 0.6) is 0 Å². The smallest absolute Gasteiger partial charge is 0.336 e. The maximum Gasteiger partial charge on any atom is 0.336 e. The highest BCUT2D eigenvalue weighted by atomic mass is 32.2. The van der Waals surface area contributed by atoms with Gasteiger partial charge in [-0.1, -0.05) is 23.9 Å². The monoisotopic (exact) mass is 224 g/mol. The largest absolute Gasteiger partial charge is 0.478 e. The lowest BCUT2D eigenvalue weighted by molar-refractivity contribution is -0.131. The molecule has 0 aliphatic heterocycles. The molecular weight excluding hydrogens is 216 g/mol. The second-order valence-electron chi connectivity index (χ2n) is 2.56. The molecule has 1 aromatic carbocycles.